The maximum atomic E-state index is 12.7. The fraction of sp³-hybridized carbons (Fsp3) is 1.00. The van der Waals surface area contributed by atoms with Gasteiger partial charge in [0.2, 0.25) is 0 Å². The summed E-state index contributed by atoms with van der Waals surface area (Å²) < 4.78 is 28.8. The van der Waals surface area contributed by atoms with E-state index in [1.807, 2.05) is 7.05 Å². The van der Waals surface area contributed by atoms with E-state index in [1.54, 1.807) is 8.61 Å². The van der Waals surface area contributed by atoms with Gasteiger partial charge in [0.05, 0.1) is 0 Å². The molecule has 2 aliphatic heterocycles. The zero-order valence-electron chi connectivity index (χ0n) is 11.8. The molecule has 0 N–H and O–H groups in total. The summed E-state index contributed by atoms with van der Waals surface area (Å²) in [6, 6.07) is 0. The number of piperazine rings is 1. The highest BCUT2D eigenvalue weighted by molar-refractivity contribution is 7.86. The number of hydrogen-bond donors (Lipinski definition) is 0. The third kappa shape index (κ3) is 2.55. The molecular weight excluding hydrogens is 262 g/mol. The summed E-state index contributed by atoms with van der Waals surface area (Å²) in [6.07, 6.45) is 6.08. The first-order chi connectivity index (χ1) is 9.02. The van der Waals surface area contributed by atoms with E-state index in [-0.39, 0.29) is 0 Å². The Hall–Kier alpha value is -0.170. The van der Waals surface area contributed by atoms with Gasteiger partial charge in [0.1, 0.15) is 0 Å². The summed E-state index contributed by atoms with van der Waals surface area (Å²) in [5.74, 6) is 0. The molecule has 1 spiro atoms. The van der Waals surface area contributed by atoms with Crippen molar-refractivity contribution in [2.45, 2.75) is 32.1 Å². The Labute approximate surface area is 116 Å². The standard InChI is InChI=1S/C13H25N3O2S/c1-14-8-10-15(11-9-14)19(17,18)16-7-6-13(12-16)4-2-3-5-13/h2-12H2,1H3. The van der Waals surface area contributed by atoms with Gasteiger partial charge in [0.15, 0.2) is 0 Å². The molecule has 6 heteroatoms. The molecule has 3 aliphatic rings. The average Bonchev–Trinajstić information content (AvgIpc) is 3.01. The molecule has 0 bridgehead atoms. The van der Waals surface area contributed by atoms with Gasteiger partial charge in [0.25, 0.3) is 10.2 Å². The molecule has 19 heavy (non-hydrogen) atoms. The smallest absolute Gasteiger partial charge is 0.282 e. The number of rotatable bonds is 2. The third-order valence-electron chi connectivity index (χ3n) is 5.18. The normalized spacial score (nSPS) is 30.4. The SMILES string of the molecule is CN1CCN(S(=O)(=O)N2CCC3(CCCC3)C2)CC1. The van der Waals surface area contributed by atoms with Crippen molar-refractivity contribution in [2.75, 3.05) is 46.3 Å². The highest BCUT2D eigenvalue weighted by atomic mass is 32.2. The van der Waals surface area contributed by atoms with Crippen molar-refractivity contribution in [1.82, 2.24) is 13.5 Å². The number of hydrogen-bond acceptors (Lipinski definition) is 3. The van der Waals surface area contributed by atoms with E-state index in [0.29, 0.717) is 18.5 Å². The van der Waals surface area contributed by atoms with Gasteiger partial charge in [-0.25, -0.2) is 0 Å². The summed E-state index contributed by atoms with van der Waals surface area (Å²) in [7, 11) is -1.16. The van der Waals surface area contributed by atoms with Gasteiger partial charge in [-0.3, -0.25) is 0 Å². The molecule has 0 atom stereocenters. The van der Waals surface area contributed by atoms with Crippen LogP contribution in [0.3, 0.4) is 0 Å². The first-order valence-electron chi connectivity index (χ1n) is 7.46. The van der Waals surface area contributed by atoms with E-state index in [1.165, 1.54) is 25.7 Å². The molecule has 2 saturated heterocycles. The predicted octanol–water partition coefficient (Wildman–Crippen LogP) is 0.745. The Morgan fingerprint density at radius 1 is 0.842 bits per heavy atom. The molecule has 0 aromatic carbocycles. The van der Waals surface area contributed by atoms with Crippen LogP contribution in [0, 0.1) is 5.41 Å². The molecule has 3 rings (SSSR count). The molecule has 1 saturated carbocycles. The number of likely N-dealkylation sites (N-methyl/N-ethyl adjacent to an activating group) is 1. The monoisotopic (exact) mass is 287 g/mol. The lowest BCUT2D eigenvalue weighted by molar-refractivity contribution is 0.211. The molecule has 5 nitrogen and oxygen atoms in total. The second kappa shape index (κ2) is 4.98. The predicted molar refractivity (Wildman–Crippen MR) is 75.1 cm³/mol. The molecule has 1 aliphatic carbocycles. The first kappa shape index (κ1) is 13.8. The zero-order valence-corrected chi connectivity index (χ0v) is 12.7. The first-order valence-corrected chi connectivity index (χ1v) is 8.85. The fourth-order valence-electron chi connectivity index (χ4n) is 3.81. The molecule has 110 valence electrons. The third-order valence-corrected chi connectivity index (χ3v) is 7.16. The van der Waals surface area contributed by atoms with Crippen molar-refractivity contribution in [1.29, 1.82) is 0 Å². The van der Waals surface area contributed by atoms with E-state index >= 15 is 0 Å². The minimum atomic E-state index is -3.21. The van der Waals surface area contributed by atoms with Gasteiger partial charge in [-0.1, -0.05) is 12.8 Å². The largest absolute Gasteiger partial charge is 0.304 e. The Bertz CT molecular complexity index is 423. The average molecular weight is 287 g/mol. The lowest BCUT2D eigenvalue weighted by atomic mass is 9.86. The lowest BCUT2D eigenvalue weighted by Crippen LogP contribution is -2.51. The van der Waals surface area contributed by atoms with Crippen LogP contribution in [-0.4, -0.2) is 68.2 Å². The van der Waals surface area contributed by atoms with E-state index in [9.17, 15) is 8.42 Å². The summed E-state index contributed by atoms with van der Waals surface area (Å²) >= 11 is 0. The second-order valence-electron chi connectivity index (χ2n) is 6.50. The van der Waals surface area contributed by atoms with Gasteiger partial charge in [-0.2, -0.15) is 17.0 Å². The molecular formula is C13H25N3O2S. The molecule has 3 fully saturated rings. The van der Waals surface area contributed by atoms with Crippen LogP contribution in [0.4, 0.5) is 0 Å². The molecule has 0 unspecified atom stereocenters. The Balaban J connectivity index is 1.68. The van der Waals surface area contributed by atoms with Crippen molar-refractivity contribution in [3.8, 4) is 0 Å². The van der Waals surface area contributed by atoms with Gasteiger partial charge in [0, 0.05) is 39.3 Å². The van der Waals surface area contributed by atoms with Crippen LogP contribution in [0.5, 0.6) is 0 Å². The summed E-state index contributed by atoms with van der Waals surface area (Å²) in [6.45, 7) is 4.47. The molecule has 0 aromatic rings. The minimum absolute atomic E-state index is 0.319. The summed E-state index contributed by atoms with van der Waals surface area (Å²) in [5, 5.41) is 0. The highest BCUT2D eigenvalue weighted by Crippen LogP contribution is 2.46. The van der Waals surface area contributed by atoms with Crippen molar-refractivity contribution in [3.63, 3.8) is 0 Å². The van der Waals surface area contributed by atoms with E-state index in [2.05, 4.69) is 4.90 Å². The van der Waals surface area contributed by atoms with Gasteiger partial charge < -0.3 is 4.90 Å². The van der Waals surface area contributed by atoms with Crippen LogP contribution >= 0.6 is 0 Å². The second-order valence-corrected chi connectivity index (χ2v) is 8.43. The number of nitrogens with zero attached hydrogens (tertiary/aromatic N) is 3. The van der Waals surface area contributed by atoms with Crippen LogP contribution in [0.15, 0.2) is 0 Å². The highest BCUT2D eigenvalue weighted by Gasteiger charge is 2.45. The summed E-state index contributed by atoms with van der Waals surface area (Å²) in [5.41, 5.74) is 0.319. The Kier molecular flexibility index (Phi) is 3.62. The molecule has 2 heterocycles. The van der Waals surface area contributed by atoms with Crippen molar-refractivity contribution >= 4 is 10.2 Å². The summed E-state index contributed by atoms with van der Waals surface area (Å²) in [4.78, 5) is 2.19. The topological polar surface area (TPSA) is 43.9 Å². The maximum absolute atomic E-state index is 12.7. The lowest BCUT2D eigenvalue weighted by Gasteiger charge is -2.34. The van der Waals surface area contributed by atoms with Crippen molar-refractivity contribution in [2.24, 2.45) is 5.41 Å². The van der Waals surface area contributed by atoms with E-state index < -0.39 is 10.2 Å². The van der Waals surface area contributed by atoms with Gasteiger partial charge >= 0.3 is 0 Å². The van der Waals surface area contributed by atoms with E-state index in [4.69, 9.17) is 0 Å². The van der Waals surface area contributed by atoms with Crippen LogP contribution in [0.1, 0.15) is 32.1 Å². The van der Waals surface area contributed by atoms with E-state index in [0.717, 1.165) is 32.6 Å². The van der Waals surface area contributed by atoms with Gasteiger partial charge in [-0.05, 0) is 31.7 Å². The van der Waals surface area contributed by atoms with Crippen LogP contribution in [0.25, 0.3) is 0 Å². The zero-order chi connectivity index (χ0) is 13.5. The fourth-order valence-corrected chi connectivity index (χ4v) is 5.52. The van der Waals surface area contributed by atoms with Crippen LogP contribution < -0.4 is 0 Å². The Morgan fingerprint density at radius 2 is 1.47 bits per heavy atom. The molecule has 0 amide bonds. The van der Waals surface area contributed by atoms with Crippen LogP contribution in [-0.2, 0) is 10.2 Å². The maximum Gasteiger partial charge on any atom is 0.282 e. The molecule has 0 radical (unpaired) electrons. The van der Waals surface area contributed by atoms with Gasteiger partial charge in [-0.15, -0.1) is 0 Å². The van der Waals surface area contributed by atoms with Crippen LogP contribution in [0.2, 0.25) is 0 Å². The Morgan fingerprint density at radius 3 is 2.11 bits per heavy atom. The van der Waals surface area contributed by atoms with Crippen molar-refractivity contribution in [3.05, 3.63) is 0 Å². The van der Waals surface area contributed by atoms with Crippen molar-refractivity contribution < 1.29 is 8.42 Å². The minimum Gasteiger partial charge on any atom is -0.304 e. The molecule has 0 aromatic heterocycles. The quantitative estimate of drug-likeness (QED) is 0.752.